The van der Waals surface area contributed by atoms with Crippen molar-refractivity contribution in [2.45, 2.75) is 365 Å². The molecular formula is C76H125N5O57. The van der Waals surface area contributed by atoms with Crippen LogP contribution in [0.4, 0.5) is 0 Å². The zero-order chi connectivity index (χ0) is 102. The maximum absolute atomic E-state index is 13.3. The molecule has 0 aromatic carbocycles. The summed E-state index contributed by atoms with van der Waals surface area (Å²) in [6.45, 7) is -7.80. The summed E-state index contributed by atoms with van der Waals surface area (Å²) < 4.78 is 112. The molecule has 52 atom stereocenters. The molecule has 0 unspecified atom stereocenters. The fourth-order valence-corrected chi connectivity index (χ4v) is 17.6. The number of carboxylic acids is 2. The Hall–Kier alpha value is -5.63. The van der Waals surface area contributed by atoms with Crippen LogP contribution >= 0.6 is 0 Å². The molecule has 10 aliphatic heterocycles. The molecule has 796 valence electrons. The average Bonchev–Trinajstić information content (AvgIpc) is 0.745. The number of hydrogen-bond acceptors (Lipinski definition) is 55. The standard InChI is InChI=1S/C76H125N5O57/c1-18(90)77-35-23(95)6-75(73(116)117,136-59(35)40(99)25(97)8-82)121-17-34-44(103)50(109)53(112)68(129-34)130-57-31(14-88)127-67(39(48(57)107)81-22(5)94)135-64-52(111)43(102)28(11-85)125-72(64)133-61-46(105)33(128-69(54(61)113)131-56-30(13-87)122-65(115)37(47(56)106)79-20(3)92)16-120-71-63(51(110)42(101)27(10-84)124-71)134-66-38(80-21(4)93)49(108)58(32(15-89)126-66)132-70-55(114)62(45(104)29(12-86)123-70)138-76(74(118)119)7-24(96)36(78-19(2)91)60(137-76)41(100)26(98)9-83/h23-72,82-89,95-115H,6-17H2,1-5H3,(H,77,90)(H,78,91)(H,79,92)(H,80,93)(H,81,94)(H,116,117)(H,118,119)/t23-,24-,25+,26+,27+,28+,29+,30+,31+,32+,33+,34+,35+,36+,37+,38+,39+,40+,41+,42+,43+,44-,45-,46+,47+,48+,49+,50-,51-,52-,53+,54-,55+,56+,57+,58+,59+,60+,61-,62-,63-,64-,65+,66-,67-,68-,69+,70-,71+,72-,75+,76-/m0/s1. The third-order valence-corrected chi connectivity index (χ3v) is 24.8. The number of rotatable bonds is 39. The molecule has 0 spiro atoms. The van der Waals surface area contributed by atoms with Gasteiger partial charge in [0.1, 0.15) is 232 Å². The Labute approximate surface area is 779 Å². The normalized spacial score (nSPS) is 46.2. The molecule has 10 saturated heterocycles. The van der Waals surface area contributed by atoms with Gasteiger partial charge in [-0.15, -0.1) is 0 Å². The second-order valence-electron chi connectivity index (χ2n) is 34.6. The Morgan fingerprint density at radius 3 is 1.04 bits per heavy atom. The minimum atomic E-state index is -3.32. The molecule has 0 saturated carbocycles. The topological polar surface area (TPSA) is 982 Å². The smallest absolute Gasteiger partial charge is 0.364 e. The van der Waals surface area contributed by atoms with E-state index < -0.39 is 438 Å². The van der Waals surface area contributed by atoms with Crippen LogP contribution in [0.1, 0.15) is 47.5 Å². The van der Waals surface area contributed by atoms with E-state index in [9.17, 15) is 192 Å². The van der Waals surface area contributed by atoms with Crippen LogP contribution in [0.15, 0.2) is 0 Å². The van der Waals surface area contributed by atoms with Crippen LogP contribution in [0.25, 0.3) is 0 Å². The zero-order valence-corrected chi connectivity index (χ0v) is 73.8. The molecule has 62 heteroatoms. The van der Waals surface area contributed by atoms with Crippen LogP contribution in [0, 0.1) is 0 Å². The van der Waals surface area contributed by atoms with Gasteiger partial charge in [0.25, 0.3) is 11.6 Å². The predicted molar refractivity (Wildman–Crippen MR) is 422 cm³/mol. The Balaban J connectivity index is 0.920. The van der Waals surface area contributed by atoms with Crippen molar-refractivity contribution in [1.29, 1.82) is 0 Å². The van der Waals surface area contributed by atoms with Gasteiger partial charge in [-0.2, -0.15) is 0 Å². The molecule has 0 radical (unpaired) electrons. The highest BCUT2D eigenvalue weighted by molar-refractivity contribution is 5.78. The summed E-state index contributed by atoms with van der Waals surface area (Å²) in [6, 6.07) is -9.52. The quantitative estimate of drug-likeness (QED) is 0.0272. The summed E-state index contributed by atoms with van der Waals surface area (Å²) in [5.74, 6) is -15.4. The third kappa shape index (κ3) is 25.2. The second-order valence-corrected chi connectivity index (χ2v) is 34.6. The van der Waals surface area contributed by atoms with E-state index in [2.05, 4.69) is 26.6 Å². The van der Waals surface area contributed by atoms with Crippen molar-refractivity contribution >= 4 is 41.5 Å². The SMILES string of the molecule is CC(=O)N[C@@H]1[C@@H](O)[C@H](O[C@H]2O[C@H](CO[C@@H]3O[C@H](CO)[C@@H](O)[C@H](O)[C@@H]3O[C@@H]3O[C@H](CO)[C@@H](O[C@@H]4O[C@H](CO)[C@H](O)[C@H](O[C@]5(C(=O)O)C[C@H](O)[C@@H](NC(C)=O)[C@H]([C@H](O)[C@H](O)CO)O5)[C@H]4O)[C@H](O)[C@H]3NC(C)=O)[C@@H](O)[C@H](O[C@@H]3O[C@H](CO)[C@@H](O)[C@H](O)[C@@H]3O[C@@H]3O[C@H](CO)[C@@H](O[C@@H]4O[C@H](CO[C@]5(C(=O)O)C[C@H](O)[C@@H](NC(C)=O)[C@H]([C@H](O)[C@H](O)CO)O5)[C@H](O)[C@H](O)[C@H]4O)[C@H](O)[C@H]3NC(C)=O)[C@@H]2O)[C@@H](CO)O[C@H]1O. The summed E-state index contributed by atoms with van der Waals surface area (Å²) in [7, 11) is 0. The minimum absolute atomic E-state index is 0.855. The van der Waals surface area contributed by atoms with Gasteiger partial charge in [0, 0.05) is 47.5 Å². The van der Waals surface area contributed by atoms with Gasteiger partial charge in [0.2, 0.25) is 29.5 Å². The lowest BCUT2D eigenvalue weighted by molar-refractivity contribution is -0.398. The summed E-state index contributed by atoms with van der Waals surface area (Å²) in [5.41, 5.74) is 0. The second kappa shape index (κ2) is 49.0. The molecule has 138 heavy (non-hydrogen) atoms. The Kier molecular flexibility index (Phi) is 40.6. The summed E-state index contributed by atoms with van der Waals surface area (Å²) in [5, 5.41) is 358. The van der Waals surface area contributed by atoms with E-state index in [0.717, 1.165) is 34.6 Å². The van der Waals surface area contributed by atoms with Crippen LogP contribution in [0.2, 0.25) is 0 Å². The van der Waals surface area contributed by atoms with Crippen LogP contribution in [0.5, 0.6) is 0 Å². The van der Waals surface area contributed by atoms with E-state index in [-0.39, 0.29) is 0 Å². The summed E-state index contributed by atoms with van der Waals surface area (Å²) in [4.78, 5) is 89.5. The minimum Gasteiger partial charge on any atom is -0.477 e. The number of carbonyl (C=O) groups excluding carboxylic acids is 5. The van der Waals surface area contributed by atoms with Gasteiger partial charge >= 0.3 is 11.9 Å². The monoisotopic (exact) mass is 2020 g/mol. The first-order chi connectivity index (χ1) is 64.9. The largest absolute Gasteiger partial charge is 0.477 e. The lowest BCUT2D eigenvalue weighted by atomic mass is 9.88. The number of aliphatic hydroxyl groups is 29. The van der Waals surface area contributed by atoms with Crippen molar-refractivity contribution in [3.8, 4) is 0 Å². The fraction of sp³-hybridized carbons (Fsp3) is 0.908. The number of aliphatic carboxylic acids is 2. The van der Waals surface area contributed by atoms with Gasteiger partial charge in [-0.1, -0.05) is 0 Å². The van der Waals surface area contributed by atoms with Crippen molar-refractivity contribution in [3.63, 3.8) is 0 Å². The van der Waals surface area contributed by atoms with E-state index in [0.29, 0.717) is 0 Å². The molecule has 5 amide bonds. The molecular weight excluding hydrogens is 1890 g/mol. The van der Waals surface area contributed by atoms with Crippen molar-refractivity contribution in [2.24, 2.45) is 0 Å². The number of nitrogens with one attached hydrogen (secondary N) is 5. The molecule has 0 aromatic rings. The summed E-state index contributed by atoms with van der Waals surface area (Å²) >= 11 is 0. The Morgan fingerprint density at radius 1 is 0.304 bits per heavy atom. The number of carboxylic acid groups (broad SMARTS) is 2. The van der Waals surface area contributed by atoms with E-state index in [1.165, 1.54) is 0 Å². The first-order valence-electron chi connectivity index (χ1n) is 43.4. The van der Waals surface area contributed by atoms with Gasteiger partial charge in [0.05, 0.1) is 90.4 Å². The summed E-state index contributed by atoms with van der Waals surface area (Å²) in [6.07, 6.45) is -104. The van der Waals surface area contributed by atoms with Gasteiger partial charge in [-0.05, 0) is 0 Å². The highest BCUT2D eigenvalue weighted by Crippen LogP contribution is 2.44. The van der Waals surface area contributed by atoms with Gasteiger partial charge in [0.15, 0.2) is 50.3 Å². The predicted octanol–water partition coefficient (Wildman–Crippen LogP) is -23.7. The van der Waals surface area contributed by atoms with Crippen LogP contribution in [-0.4, -0.2) is 584 Å². The third-order valence-electron chi connectivity index (χ3n) is 24.8. The average molecular weight is 2020 g/mol. The molecule has 0 bridgehead atoms. The molecule has 10 aliphatic rings. The van der Waals surface area contributed by atoms with E-state index >= 15 is 0 Å². The number of carbonyl (C=O) groups is 7. The molecule has 0 aliphatic carbocycles. The molecule has 36 N–H and O–H groups in total. The first-order valence-corrected chi connectivity index (χ1v) is 43.4. The molecule has 10 rings (SSSR count). The van der Waals surface area contributed by atoms with Gasteiger partial charge in [-0.25, -0.2) is 9.59 Å². The Morgan fingerprint density at radius 2 is 0.616 bits per heavy atom. The van der Waals surface area contributed by atoms with Crippen LogP contribution < -0.4 is 26.6 Å². The molecule has 10 heterocycles. The number of amides is 5. The lowest BCUT2D eigenvalue weighted by Crippen LogP contribution is -2.71. The van der Waals surface area contributed by atoms with Gasteiger partial charge in [-0.3, -0.25) is 24.0 Å². The van der Waals surface area contributed by atoms with E-state index in [1.807, 2.05) is 0 Å². The first kappa shape index (κ1) is 114. The fourth-order valence-electron chi connectivity index (χ4n) is 17.6. The molecule has 0 aromatic heterocycles. The Bertz CT molecular complexity index is 3930. The van der Waals surface area contributed by atoms with E-state index in [4.69, 9.17) is 90.0 Å². The van der Waals surface area contributed by atoms with Crippen molar-refractivity contribution < 1.29 is 282 Å². The number of aliphatic hydroxyl groups excluding tert-OH is 29. The molecule has 62 nitrogen and oxygen atoms in total. The van der Waals surface area contributed by atoms with E-state index in [1.54, 1.807) is 0 Å². The van der Waals surface area contributed by atoms with Crippen molar-refractivity contribution in [3.05, 3.63) is 0 Å². The number of hydrogen-bond donors (Lipinski definition) is 36. The molecule has 10 fully saturated rings. The van der Waals surface area contributed by atoms with Gasteiger partial charge < -0.3 is 275 Å². The highest BCUT2D eigenvalue weighted by atomic mass is 16.8. The maximum atomic E-state index is 13.3. The zero-order valence-electron chi connectivity index (χ0n) is 73.8. The maximum Gasteiger partial charge on any atom is 0.364 e. The highest BCUT2D eigenvalue weighted by Gasteiger charge is 2.65. The van der Waals surface area contributed by atoms with Crippen LogP contribution in [-0.2, 0) is 124 Å². The lowest BCUT2D eigenvalue weighted by Gasteiger charge is -2.51. The van der Waals surface area contributed by atoms with Crippen LogP contribution in [0.3, 0.4) is 0 Å². The van der Waals surface area contributed by atoms with Crippen molar-refractivity contribution in [1.82, 2.24) is 26.6 Å². The number of ether oxygens (including phenoxy) is 19. The van der Waals surface area contributed by atoms with Crippen molar-refractivity contribution in [2.75, 3.05) is 66.1 Å².